The van der Waals surface area contributed by atoms with E-state index < -0.39 is 12.2 Å². The fraction of sp³-hybridized carbons (Fsp3) is 0.333. The van der Waals surface area contributed by atoms with Gasteiger partial charge in [0, 0.05) is 18.1 Å². The molecule has 0 aliphatic heterocycles. The van der Waals surface area contributed by atoms with Crippen LogP contribution < -0.4 is 0 Å². The van der Waals surface area contributed by atoms with E-state index in [4.69, 9.17) is 11.6 Å². The number of nitrogens with zero attached hydrogens (tertiary/aromatic N) is 1. The molecule has 2 rings (SSSR count). The average molecular weight is 326 g/mol. The second-order valence-corrected chi connectivity index (χ2v) is 6.39. The normalized spacial score (nSPS) is 14.1. The van der Waals surface area contributed by atoms with Crippen LogP contribution in [0.2, 0.25) is 5.15 Å². The Labute approximate surface area is 132 Å². The van der Waals surface area contributed by atoms with Gasteiger partial charge in [0.1, 0.15) is 11.3 Å². The predicted octanol–water partition coefficient (Wildman–Crippen LogP) is 2.95. The van der Waals surface area contributed by atoms with Gasteiger partial charge in [0.05, 0.1) is 11.6 Å². The maximum absolute atomic E-state index is 10.8. The summed E-state index contributed by atoms with van der Waals surface area (Å²) in [5, 5.41) is 21.4. The number of hydrogen-bond acceptors (Lipinski definition) is 5. The predicted molar refractivity (Wildman–Crippen MR) is 85.5 cm³/mol. The SMILES string of the molecule is CC(=O)SCCC(O)C(O)c1ccc2nc(Cl)ccc2c1. The molecule has 1 aromatic carbocycles. The largest absolute Gasteiger partial charge is 0.390 e. The highest BCUT2D eigenvalue weighted by Crippen LogP contribution is 2.24. The molecule has 0 saturated heterocycles. The zero-order chi connectivity index (χ0) is 15.4. The van der Waals surface area contributed by atoms with Crippen molar-refractivity contribution in [1.29, 1.82) is 0 Å². The number of hydrogen-bond donors (Lipinski definition) is 2. The van der Waals surface area contributed by atoms with Gasteiger partial charge in [-0.2, -0.15) is 0 Å². The van der Waals surface area contributed by atoms with Gasteiger partial charge >= 0.3 is 0 Å². The summed E-state index contributed by atoms with van der Waals surface area (Å²) < 4.78 is 0. The molecule has 0 amide bonds. The molecule has 0 spiro atoms. The Balaban J connectivity index is 2.09. The third kappa shape index (κ3) is 4.41. The standard InChI is InChI=1S/C15H16ClNO3S/c1-9(18)21-7-6-13(19)15(20)11-2-4-12-10(8-11)3-5-14(16)17-12/h2-5,8,13,15,19-20H,6-7H2,1H3. The second kappa shape index (κ2) is 7.22. The Morgan fingerprint density at radius 3 is 2.81 bits per heavy atom. The molecular weight excluding hydrogens is 310 g/mol. The number of fused-ring (bicyclic) bond motifs is 1. The van der Waals surface area contributed by atoms with Crippen molar-refractivity contribution in [3.63, 3.8) is 0 Å². The van der Waals surface area contributed by atoms with Crippen LogP contribution in [0.15, 0.2) is 30.3 Å². The molecule has 112 valence electrons. The minimum atomic E-state index is -0.988. The van der Waals surface area contributed by atoms with Crippen molar-refractivity contribution in [1.82, 2.24) is 4.98 Å². The molecule has 0 fully saturated rings. The quantitative estimate of drug-likeness (QED) is 0.827. The molecule has 4 nitrogen and oxygen atoms in total. The van der Waals surface area contributed by atoms with E-state index in [1.807, 2.05) is 6.07 Å². The van der Waals surface area contributed by atoms with E-state index >= 15 is 0 Å². The molecule has 2 atom stereocenters. The number of rotatable bonds is 5. The first-order valence-corrected chi connectivity index (χ1v) is 7.89. The molecule has 0 aliphatic carbocycles. The van der Waals surface area contributed by atoms with Crippen LogP contribution in [0.3, 0.4) is 0 Å². The van der Waals surface area contributed by atoms with Crippen molar-refractivity contribution in [2.45, 2.75) is 25.6 Å². The maximum Gasteiger partial charge on any atom is 0.185 e. The molecular formula is C15H16ClNO3S. The van der Waals surface area contributed by atoms with Gasteiger partial charge < -0.3 is 10.2 Å². The van der Waals surface area contributed by atoms with E-state index in [-0.39, 0.29) is 5.12 Å². The summed E-state index contributed by atoms with van der Waals surface area (Å²) in [5.41, 5.74) is 1.35. The minimum absolute atomic E-state index is 0.00495. The molecule has 2 aromatic rings. The summed E-state index contributed by atoms with van der Waals surface area (Å²) in [7, 11) is 0. The van der Waals surface area contributed by atoms with E-state index in [0.29, 0.717) is 22.9 Å². The minimum Gasteiger partial charge on any atom is -0.390 e. The van der Waals surface area contributed by atoms with Crippen molar-refractivity contribution >= 4 is 39.4 Å². The number of aliphatic hydroxyl groups excluding tert-OH is 2. The molecule has 0 radical (unpaired) electrons. The molecule has 0 aliphatic rings. The first-order chi connectivity index (χ1) is 9.97. The number of halogens is 1. The lowest BCUT2D eigenvalue weighted by Gasteiger charge is -2.18. The van der Waals surface area contributed by atoms with E-state index in [2.05, 4.69) is 4.98 Å². The van der Waals surface area contributed by atoms with Crippen LogP contribution in [0.25, 0.3) is 10.9 Å². The van der Waals surface area contributed by atoms with Gasteiger partial charge in [0.25, 0.3) is 0 Å². The van der Waals surface area contributed by atoms with Crippen LogP contribution in [0, 0.1) is 0 Å². The average Bonchev–Trinajstić information content (AvgIpc) is 2.45. The lowest BCUT2D eigenvalue weighted by Crippen LogP contribution is -2.19. The summed E-state index contributed by atoms with van der Waals surface area (Å²) in [6, 6.07) is 8.76. The molecule has 21 heavy (non-hydrogen) atoms. The Bertz CT molecular complexity index is 650. The van der Waals surface area contributed by atoms with Gasteiger partial charge in [-0.15, -0.1) is 0 Å². The van der Waals surface area contributed by atoms with Gasteiger partial charge in [0.15, 0.2) is 5.12 Å². The van der Waals surface area contributed by atoms with Crippen molar-refractivity contribution in [3.05, 3.63) is 41.0 Å². The van der Waals surface area contributed by atoms with Gasteiger partial charge in [-0.25, -0.2) is 4.98 Å². The first-order valence-electron chi connectivity index (χ1n) is 6.53. The summed E-state index contributed by atoms with van der Waals surface area (Å²) in [6.07, 6.45) is -1.55. The summed E-state index contributed by atoms with van der Waals surface area (Å²) in [4.78, 5) is 15.0. The van der Waals surface area contributed by atoms with Crippen molar-refractivity contribution in [3.8, 4) is 0 Å². The topological polar surface area (TPSA) is 70.4 Å². The number of carbonyl (C=O) groups excluding carboxylic acids is 1. The fourth-order valence-corrected chi connectivity index (χ4v) is 2.81. The lowest BCUT2D eigenvalue weighted by atomic mass is 10.0. The van der Waals surface area contributed by atoms with Crippen molar-refractivity contribution < 1.29 is 15.0 Å². The first kappa shape index (κ1) is 16.2. The zero-order valence-electron chi connectivity index (χ0n) is 11.5. The van der Waals surface area contributed by atoms with Crippen molar-refractivity contribution in [2.75, 3.05) is 5.75 Å². The molecule has 0 saturated carbocycles. The number of carbonyl (C=O) groups is 1. The third-order valence-corrected chi connectivity index (χ3v) is 4.16. The highest BCUT2D eigenvalue weighted by Gasteiger charge is 2.18. The highest BCUT2D eigenvalue weighted by molar-refractivity contribution is 8.13. The molecule has 2 unspecified atom stereocenters. The van der Waals surface area contributed by atoms with Crippen molar-refractivity contribution in [2.24, 2.45) is 0 Å². The van der Waals surface area contributed by atoms with Crippen LogP contribution in [-0.4, -0.2) is 32.2 Å². The van der Waals surface area contributed by atoms with Gasteiger partial charge in [-0.3, -0.25) is 4.79 Å². The Hall–Kier alpha value is -1.14. The van der Waals surface area contributed by atoms with E-state index in [0.717, 1.165) is 22.7 Å². The monoisotopic (exact) mass is 325 g/mol. The highest BCUT2D eigenvalue weighted by atomic mass is 35.5. The Morgan fingerprint density at radius 1 is 1.33 bits per heavy atom. The molecule has 1 aromatic heterocycles. The van der Waals surface area contributed by atoms with E-state index in [1.54, 1.807) is 24.3 Å². The third-order valence-electron chi connectivity index (χ3n) is 3.10. The van der Waals surface area contributed by atoms with Crippen LogP contribution in [0.1, 0.15) is 25.0 Å². The summed E-state index contributed by atoms with van der Waals surface area (Å²) >= 11 is 6.97. The second-order valence-electron chi connectivity index (χ2n) is 4.73. The van der Waals surface area contributed by atoms with Crippen LogP contribution >= 0.6 is 23.4 Å². The number of thioether (sulfide) groups is 1. The molecule has 6 heteroatoms. The molecule has 0 bridgehead atoms. The molecule has 2 N–H and O–H groups in total. The summed E-state index contributed by atoms with van der Waals surface area (Å²) in [5.74, 6) is 0.484. The number of aromatic nitrogens is 1. The summed E-state index contributed by atoms with van der Waals surface area (Å²) in [6.45, 7) is 1.48. The van der Waals surface area contributed by atoms with Gasteiger partial charge in [0.2, 0.25) is 0 Å². The maximum atomic E-state index is 10.8. The van der Waals surface area contributed by atoms with Crippen LogP contribution in [0.5, 0.6) is 0 Å². The van der Waals surface area contributed by atoms with Crippen LogP contribution in [0.4, 0.5) is 0 Å². The van der Waals surface area contributed by atoms with Gasteiger partial charge in [-0.05, 0) is 36.2 Å². The smallest absolute Gasteiger partial charge is 0.185 e. The lowest BCUT2D eigenvalue weighted by molar-refractivity contribution is -0.109. The van der Waals surface area contributed by atoms with Crippen LogP contribution in [-0.2, 0) is 4.79 Å². The number of pyridine rings is 1. The molecule has 1 heterocycles. The van der Waals surface area contributed by atoms with Gasteiger partial charge in [-0.1, -0.05) is 29.4 Å². The zero-order valence-corrected chi connectivity index (χ0v) is 13.1. The Morgan fingerprint density at radius 2 is 2.10 bits per heavy atom. The Kier molecular flexibility index (Phi) is 5.58. The van der Waals surface area contributed by atoms with E-state index in [1.165, 1.54) is 6.92 Å². The van der Waals surface area contributed by atoms with E-state index in [9.17, 15) is 15.0 Å². The number of benzene rings is 1. The fourth-order valence-electron chi connectivity index (χ4n) is 2.01. The number of aliphatic hydroxyl groups is 2.